The zero-order valence-electron chi connectivity index (χ0n) is 37.2. The number of nitrogens with zero attached hydrogens (tertiary/aromatic N) is 5. The molecule has 6 heteroatoms. The summed E-state index contributed by atoms with van der Waals surface area (Å²) >= 11 is 0. The fourth-order valence-electron chi connectivity index (χ4n) is 10.4. The minimum atomic E-state index is 0.573. The molecule has 0 radical (unpaired) electrons. The highest BCUT2D eigenvalue weighted by Crippen LogP contribution is 2.45. The maximum Gasteiger partial charge on any atom is 0.164 e. The highest BCUT2D eigenvalue weighted by Gasteiger charge is 2.24. The predicted octanol–water partition coefficient (Wildman–Crippen LogP) is 16.3. The largest absolute Gasteiger partial charge is 0.456 e. The van der Waals surface area contributed by atoms with Gasteiger partial charge < -0.3 is 13.6 Å². The molecule has 0 aliphatic carbocycles. The number of hydrogen-bond donors (Lipinski definition) is 0. The van der Waals surface area contributed by atoms with Crippen molar-refractivity contribution in [1.29, 1.82) is 0 Å². The lowest BCUT2D eigenvalue weighted by atomic mass is 10.0. The normalized spacial score (nSPS) is 11.8. The van der Waals surface area contributed by atoms with Crippen LogP contribution in [0.5, 0.6) is 0 Å². The molecule has 69 heavy (non-hydrogen) atoms. The van der Waals surface area contributed by atoms with Crippen molar-refractivity contribution in [2.75, 3.05) is 0 Å². The Morgan fingerprint density at radius 2 is 0.797 bits per heavy atom. The van der Waals surface area contributed by atoms with Crippen molar-refractivity contribution in [3.05, 3.63) is 237 Å². The molecular formula is C63H39N5O. The third-order valence-corrected chi connectivity index (χ3v) is 13.6. The predicted molar refractivity (Wildman–Crippen MR) is 283 cm³/mol. The lowest BCUT2D eigenvalue weighted by molar-refractivity contribution is 0.669. The van der Waals surface area contributed by atoms with Gasteiger partial charge in [0.25, 0.3) is 0 Å². The van der Waals surface area contributed by atoms with Crippen LogP contribution >= 0.6 is 0 Å². The molecule has 0 spiro atoms. The van der Waals surface area contributed by atoms with Gasteiger partial charge in [0.1, 0.15) is 11.2 Å². The summed E-state index contributed by atoms with van der Waals surface area (Å²) in [6, 6.07) is 83.3. The summed E-state index contributed by atoms with van der Waals surface area (Å²) in [5.41, 5.74) is 15.6. The first-order valence-corrected chi connectivity index (χ1v) is 23.3. The number of benzene rings is 10. The Hall–Kier alpha value is -9.39. The molecule has 0 saturated carbocycles. The Bertz CT molecular complexity index is 4270. The van der Waals surface area contributed by atoms with Crippen molar-refractivity contribution in [3.63, 3.8) is 0 Å². The standard InChI is InChI=1S/C63H39N5O/c1-5-16-40(17-6-1)42-28-30-44(31-29-42)62-64-61(43-20-9-3-10-21-43)65-63(66-62)46-32-34-51-57(39-46)69-56-37-35-50-49-25-15-27-55(59(49)67(60(50)58(51)56)47-22-11-4-12-23-47)68-53-26-14-13-24-48(53)52-38-45(33-36-54(52)68)41-18-7-2-8-19-41/h1-39H. The number of para-hydroxylation sites is 3. The Labute approximate surface area is 396 Å². The van der Waals surface area contributed by atoms with Gasteiger partial charge >= 0.3 is 0 Å². The molecule has 0 unspecified atom stereocenters. The van der Waals surface area contributed by atoms with Crippen LogP contribution in [0.1, 0.15) is 0 Å². The zero-order chi connectivity index (χ0) is 45.4. The van der Waals surface area contributed by atoms with E-state index in [1.54, 1.807) is 0 Å². The van der Waals surface area contributed by atoms with E-state index in [1.165, 1.54) is 21.9 Å². The molecule has 0 aliphatic rings. The number of hydrogen-bond acceptors (Lipinski definition) is 4. The molecule has 0 atom stereocenters. The Balaban J connectivity index is 0.973. The van der Waals surface area contributed by atoms with E-state index in [2.05, 4.69) is 209 Å². The van der Waals surface area contributed by atoms with Crippen molar-refractivity contribution >= 4 is 65.6 Å². The average Bonchev–Trinajstić information content (AvgIpc) is 4.09. The monoisotopic (exact) mass is 881 g/mol. The molecule has 0 N–H and O–H groups in total. The third-order valence-electron chi connectivity index (χ3n) is 13.6. The van der Waals surface area contributed by atoms with Gasteiger partial charge in [-0.3, -0.25) is 0 Å². The first-order chi connectivity index (χ1) is 34.2. The van der Waals surface area contributed by atoms with E-state index in [0.717, 1.165) is 94.0 Å². The Kier molecular flexibility index (Phi) is 8.79. The van der Waals surface area contributed by atoms with Gasteiger partial charge in [0.05, 0.1) is 33.1 Å². The van der Waals surface area contributed by atoms with Gasteiger partial charge in [-0.05, 0) is 82.9 Å². The number of rotatable bonds is 7. The second-order valence-electron chi connectivity index (χ2n) is 17.6. The van der Waals surface area contributed by atoms with Crippen LogP contribution in [0, 0.1) is 0 Å². The van der Waals surface area contributed by atoms with Gasteiger partial charge in [0.2, 0.25) is 0 Å². The summed E-state index contributed by atoms with van der Waals surface area (Å²) in [5, 5.41) is 6.80. The second-order valence-corrected chi connectivity index (χ2v) is 17.6. The van der Waals surface area contributed by atoms with Gasteiger partial charge in [-0.1, -0.05) is 176 Å². The molecular weight excluding hydrogens is 843 g/mol. The zero-order valence-corrected chi connectivity index (χ0v) is 37.2. The van der Waals surface area contributed by atoms with Gasteiger partial charge in [0.15, 0.2) is 17.5 Å². The number of furan rings is 1. The molecule has 322 valence electrons. The summed E-state index contributed by atoms with van der Waals surface area (Å²) in [7, 11) is 0. The number of aromatic nitrogens is 5. The molecule has 0 fully saturated rings. The summed E-state index contributed by atoms with van der Waals surface area (Å²) < 4.78 is 11.8. The molecule has 14 aromatic rings. The highest BCUT2D eigenvalue weighted by molar-refractivity contribution is 6.26. The second kappa shape index (κ2) is 15.6. The minimum Gasteiger partial charge on any atom is -0.456 e. The van der Waals surface area contributed by atoms with E-state index in [4.69, 9.17) is 19.4 Å². The van der Waals surface area contributed by atoms with E-state index >= 15 is 0 Å². The first-order valence-electron chi connectivity index (χ1n) is 23.3. The molecule has 0 bridgehead atoms. The lowest BCUT2D eigenvalue weighted by Crippen LogP contribution is -2.00. The Morgan fingerprint density at radius 1 is 0.290 bits per heavy atom. The van der Waals surface area contributed by atoms with Crippen molar-refractivity contribution in [2.45, 2.75) is 0 Å². The van der Waals surface area contributed by atoms with E-state index in [0.29, 0.717) is 17.5 Å². The van der Waals surface area contributed by atoms with Crippen LogP contribution in [0.3, 0.4) is 0 Å². The third kappa shape index (κ3) is 6.30. The quantitative estimate of drug-likeness (QED) is 0.160. The maximum atomic E-state index is 6.87. The van der Waals surface area contributed by atoms with Gasteiger partial charge in [-0.2, -0.15) is 0 Å². The fraction of sp³-hybridized carbons (Fsp3) is 0. The van der Waals surface area contributed by atoms with E-state index in [1.807, 2.05) is 36.4 Å². The van der Waals surface area contributed by atoms with Crippen LogP contribution in [0.15, 0.2) is 241 Å². The molecule has 4 heterocycles. The summed E-state index contributed by atoms with van der Waals surface area (Å²) in [4.78, 5) is 15.2. The van der Waals surface area contributed by atoms with Crippen LogP contribution in [0.2, 0.25) is 0 Å². The highest BCUT2D eigenvalue weighted by atomic mass is 16.3. The molecule has 0 amide bonds. The topological polar surface area (TPSA) is 61.7 Å². The summed E-state index contributed by atoms with van der Waals surface area (Å²) in [5.74, 6) is 1.79. The fourth-order valence-corrected chi connectivity index (χ4v) is 10.4. The van der Waals surface area contributed by atoms with Crippen LogP contribution in [-0.4, -0.2) is 24.1 Å². The van der Waals surface area contributed by atoms with Crippen LogP contribution in [0.25, 0.3) is 133 Å². The summed E-state index contributed by atoms with van der Waals surface area (Å²) in [6.07, 6.45) is 0. The smallest absolute Gasteiger partial charge is 0.164 e. The maximum absolute atomic E-state index is 6.87. The number of fused-ring (bicyclic) bond motifs is 10. The van der Waals surface area contributed by atoms with E-state index < -0.39 is 0 Å². The Morgan fingerprint density at radius 3 is 1.52 bits per heavy atom. The van der Waals surface area contributed by atoms with E-state index in [-0.39, 0.29) is 0 Å². The first kappa shape index (κ1) is 38.8. The molecule has 6 nitrogen and oxygen atoms in total. The minimum absolute atomic E-state index is 0.573. The average molecular weight is 882 g/mol. The molecule has 4 aromatic heterocycles. The van der Waals surface area contributed by atoms with E-state index in [9.17, 15) is 0 Å². The molecule has 0 aliphatic heterocycles. The van der Waals surface area contributed by atoms with Crippen LogP contribution in [-0.2, 0) is 0 Å². The SMILES string of the molecule is c1ccc(-c2ccc(-c3nc(-c4ccccc4)nc(-c4ccc5c(c4)oc4ccc6c7cccc(-n8c9ccccc9c9cc(-c%10ccccc%10)ccc98)c7n(-c7ccccc7)c6c45)n3)cc2)cc1. The molecule has 14 rings (SSSR count). The van der Waals surface area contributed by atoms with Crippen molar-refractivity contribution in [2.24, 2.45) is 0 Å². The lowest BCUT2D eigenvalue weighted by Gasteiger charge is -2.14. The van der Waals surface area contributed by atoms with Gasteiger partial charge in [0, 0.05) is 49.3 Å². The molecule has 0 saturated heterocycles. The van der Waals surface area contributed by atoms with Crippen molar-refractivity contribution < 1.29 is 4.42 Å². The van der Waals surface area contributed by atoms with Crippen LogP contribution in [0.4, 0.5) is 0 Å². The molecule has 10 aromatic carbocycles. The van der Waals surface area contributed by atoms with Crippen LogP contribution < -0.4 is 0 Å². The van der Waals surface area contributed by atoms with Crippen molar-refractivity contribution in [1.82, 2.24) is 24.1 Å². The van der Waals surface area contributed by atoms with Crippen molar-refractivity contribution in [3.8, 4) is 67.8 Å². The van der Waals surface area contributed by atoms with Gasteiger partial charge in [-0.15, -0.1) is 0 Å². The summed E-state index contributed by atoms with van der Waals surface area (Å²) in [6.45, 7) is 0. The van der Waals surface area contributed by atoms with Gasteiger partial charge in [-0.25, -0.2) is 15.0 Å².